The minimum Gasteiger partial charge on any atom is -0.507 e. The maximum Gasteiger partial charge on any atom is 0.415 e. The Morgan fingerprint density at radius 2 is 1.89 bits per heavy atom. The van der Waals surface area contributed by atoms with Crippen molar-refractivity contribution >= 4 is 33.2 Å². The van der Waals surface area contributed by atoms with Gasteiger partial charge in [-0.1, -0.05) is 32.0 Å². The van der Waals surface area contributed by atoms with Gasteiger partial charge in [0.15, 0.2) is 5.82 Å². The molecule has 36 heavy (non-hydrogen) atoms. The smallest absolute Gasteiger partial charge is 0.415 e. The van der Waals surface area contributed by atoms with Crippen LogP contribution in [0.15, 0.2) is 42.5 Å². The van der Waals surface area contributed by atoms with Gasteiger partial charge in [0.05, 0.1) is 23.7 Å². The number of aryl methyl sites for hydroxylation is 1. The zero-order chi connectivity index (χ0) is 26.5. The van der Waals surface area contributed by atoms with Crippen LogP contribution in [-0.2, 0) is 15.1 Å². The molecule has 1 saturated heterocycles. The first-order valence-electron chi connectivity index (χ1n) is 11.4. The number of carbonyl (C=O) groups is 1. The van der Waals surface area contributed by atoms with Crippen LogP contribution >= 0.6 is 0 Å². The number of carbonyl (C=O) groups excluding carboxylic acids is 1. The molecule has 4 N–H and O–H groups in total. The number of phenols is 1. The number of rotatable bonds is 5. The number of anilines is 1. The van der Waals surface area contributed by atoms with Gasteiger partial charge in [0.1, 0.15) is 11.6 Å². The summed E-state index contributed by atoms with van der Waals surface area (Å²) in [5, 5.41) is 14.5. The van der Waals surface area contributed by atoms with Gasteiger partial charge >= 0.3 is 16.5 Å². The standard InChI is InChI=1S/C24H28N4O3.H2O4S/c1-15(2)14-31-24(30)28(17-10-11-25-13-17)23-18-9-8-16(3)12-20(18)26-22(27-23)19-6-4-5-7-21(19)29;1-5(2,3)4/h4-9,12,15,17,25,29H,10-11,13-14H2,1-3H3;(H2,1,2,3,4). The lowest BCUT2D eigenvalue weighted by Crippen LogP contribution is -2.43. The maximum absolute atomic E-state index is 13.2. The highest BCUT2D eigenvalue weighted by atomic mass is 32.3. The fourth-order valence-corrected chi connectivity index (χ4v) is 3.77. The third-order valence-corrected chi connectivity index (χ3v) is 5.34. The second kappa shape index (κ2) is 11.6. The Hall–Kier alpha value is -3.32. The molecule has 1 aliphatic heterocycles. The van der Waals surface area contributed by atoms with Gasteiger partial charge in [-0.15, -0.1) is 0 Å². The monoisotopic (exact) mass is 518 g/mol. The molecule has 1 amide bonds. The Labute approximate surface area is 209 Å². The van der Waals surface area contributed by atoms with E-state index in [0.29, 0.717) is 30.4 Å². The van der Waals surface area contributed by atoms with Crippen molar-refractivity contribution in [2.24, 2.45) is 5.92 Å². The molecule has 1 unspecified atom stereocenters. The number of nitrogens with zero attached hydrogens (tertiary/aromatic N) is 3. The maximum atomic E-state index is 13.2. The SMILES string of the molecule is Cc1ccc2c(N(C(=O)OCC(C)C)C3CCNC3)nc(-c3ccccc3O)nc2c1.O=S(=O)(O)O. The van der Waals surface area contributed by atoms with Crippen LogP contribution in [0.1, 0.15) is 25.8 Å². The lowest BCUT2D eigenvalue weighted by atomic mass is 10.1. The number of benzene rings is 2. The van der Waals surface area contributed by atoms with Crippen molar-refractivity contribution in [2.45, 2.75) is 33.2 Å². The van der Waals surface area contributed by atoms with Crippen LogP contribution in [0.3, 0.4) is 0 Å². The van der Waals surface area contributed by atoms with Crippen LogP contribution in [0.4, 0.5) is 10.6 Å². The van der Waals surface area contributed by atoms with Gasteiger partial charge in [0.2, 0.25) is 0 Å². The Morgan fingerprint density at radius 3 is 2.50 bits per heavy atom. The summed E-state index contributed by atoms with van der Waals surface area (Å²) in [6.45, 7) is 7.84. The number of amides is 1. The molecule has 1 atom stereocenters. The van der Waals surface area contributed by atoms with E-state index in [9.17, 15) is 9.90 Å². The molecule has 194 valence electrons. The number of hydrogen-bond acceptors (Lipinski definition) is 8. The van der Waals surface area contributed by atoms with E-state index in [1.165, 1.54) is 0 Å². The molecule has 1 fully saturated rings. The summed E-state index contributed by atoms with van der Waals surface area (Å²) in [5.74, 6) is 1.20. The van der Waals surface area contributed by atoms with E-state index in [-0.39, 0.29) is 17.7 Å². The third kappa shape index (κ3) is 7.34. The number of phenolic OH excluding ortho intramolecular Hbond substituents is 1. The van der Waals surface area contributed by atoms with Crippen molar-refractivity contribution < 1.29 is 32.2 Å². The first kappa shape index (κ1) is 27.3. The number of aromatic nitrogens is 2. The van der Waals surface area contributed by atoms with Crippen molar-refractivity contribution in [1.29, 1.82) is 0 Å². The van der Waals surface area contributed by atoms with E-state index in [2.05, 4.69) is 5.32 Å². The lowest BCUT2D eigenvalue weighted by Gasteiger charge is -2.28. The van der Waals surface area contributed by atoms with Crippen molar-refractivity contribution in [3.05, 3.63) is 48.0 Å². The molecular weight excluding hydrogens is 488 g/mol. The van der Waals surface area contributed by atoms with Crippen molar-refractivity contribution in [3.63, 3.8) is 0 Å². The normalized spacial score (nSPS) is 15.4. The third-order valence-electron chi connectivity index (χ3n) is 5.34. The minimum absolute atomic E-state index is 0.0729. The predicted molar refractivity (Wildman–Crippen MR) is 135 cm³/mol. The summed E-state index contributed by atoms with van der Waals surface area (Å²) >= 11 is 0. The molecule has 0 radical (unpaired) electrons. The first-order chi connectivity index (χ1) is 16.9. The molecule has 4 rings (SSSR count). The Bertz CT molecular complexity index is 1320. The van der Waals surface area contributed by atoms with Crippen LogP contribution in [0.25, 0.3) is 22.3 Å². The molecule has 0 aliphatic carbocycles. The molecule has 3 aromatic rings. The van der Waals surface area contributed by atoms with Crippen LogP contribution < -0.4 is 10.2 Å². The van der Waals surface area contributed by atoms with E-state index in [1.807, 2.05) is 45.0 Å². The van der Waals surface area contributed by atoms with E-state index >= 15 is 0 Å². The highest BCUT2D eigenvalue weighted by Gasteiger charge is 2.32. The van der Waals surface area contributed by atoms with Crippen molar-refractivity contribution in [3.8, 4) is 17.1 Å². The van der Waals surface area contributed by atoms with E-state index < -0.39 is 16.5 Å². The summed E-state index contributed by atoms with van der Waals surface area (Å²) in [6, 6.07) is 12.8. The summed E-state index contributed by atoms with van der Waals surface area (Å²) in [5.41, 5.74) is 2.29. The summed E-state index contributed by atoms with van der Waals surface area (Å²) < 4.78 is 37.2. The fourth-order valence-electron chi connectivity index (χ4n) is 3.77. The number of para-hydroxylation sites is 1. The van der Waals surface area contributed by atoms with Crippen LogP contribution in [0, 0.1) is 12.8 Å². The van der Waals surface area contributed by atoms with E-state index in [1.54, 1.807) is 23.1 Å². The Kier molecular flexibility index (Phi) is 8.79. The number of ether oxygens (including phenoxy) is 1. The molecule has 1 aromatic heterocycles. The van der Waals surface area contributed by atoms with Crippen LogP contribution in [0.2, 0.25) is 0 Å². The summed E-state index contributed by atoms with van der Waals surface area (Å²) in [4.78, 5) is 24.4. The lowest BCUT2D eigenvalue weighted by molar-refractivity contribution is 0.138. The largest absolute Gasteiger partial charge is 0.507 e. The van der Waals surface area contributed by atoms with Crippen LogP contribution in [-0.4, -0.2) is 64.4 Å². The minimum atomic E-state index is -4.67. The van der Waals surface area contributed by atoms with Gasteiger partial charge in [-0.3, -0.25) is 14.0 Å². The van der Waals surface area contributed by atoms with Gasteiger partial charge in [-0.05, 0) is 55.6 Å². The quantitative estimate of drug-likeness (QED) is 0.367. The fraction of sp³-hybridized carbons (Fsp3) is 0.375. The molecule has 11 nitrogen and oxygen atoms in total. The molecule has 0 bridgehead atoms. The average molecular weight is 519 g/mol. The number of nitrogens with one attached hydrogen (secondary N) is 1. The molecular formula is C24H30N4O7S. The Balaban J connectivity index is 0.000000658. The van der Waals surface area contributed by atoms with E-state index in [4.69, 9.17) is 32.2 Å². The zero-order valence-electron chi connectivity index (χ0n) is 20.2. The van der Waals surface area contributed by atoms with Gasteiger partial charge in [-0.2, -0.15) is 8.42 Å². The first-order valence-corrected chi connectivity index (χ1v) is 12.8. The second-order valence-electron chi connectivity index (χ2n) is 8.84. The molecule has 2 aromatic carbocycles. The van der Waals surface area contributed by atoms with Gasteiger partial charge < -0.3 is 15.2 Å². The van der Waals surface area contributed by atoms with Gasteiger partial charge in [0.25, 0.3) is 0 Å². The number of fused-ring (bicyclic) bond motifs is 1. The van der Waals surface area contributed by atoms with Crippen molar-refractivity contribution in [2.75, 3.05) is 24.6 Å². The summed E-state index contributed by atoms with van der Waals surface area (Å²) in [6.07, 6.45) is 0.395. The average Bonchev–Trinajstić information content (AvgIpc) is 3.31. The second-order valence-corrected chi connectivity index (χ2v) is 9.74. The highest BCUT2D eigenvalue weighted by Crippen LogP contribution is 2.33. The van der Waals surface area contributed by atoms with Gasteiger partial charge in [-0.25, -0.2) is 14.8 Å². The van der Waals surface area contributed by atoms with Crippen LogP contribution in [0.5, 0.6) is 5.75 Å². The molecule has 1 aliphatic rings. The summed E-state index contributed by atoms with van der Waals surface area (Å²) in [7, 11) is -4.67. The predicted octanol–water partition coefficient (Wildman–Crippen LogP) is 3.62. The highest BCUT2D eigenvalue weighted by molar-refractivity contribution is 7.79. The molecule has 0 saturated carbocycles. The van der Waals surface area contributed by atoms with Crippen molar-refractivity contribution in [1.82, 2.24) is 15.3 Å². The number of hydrogen-bond donors (Lipinski definition) is 4. The molecule has 12 heteroatoms. The molecule has 0 spiro atoms. The zero-order valence-corrected chi connectivity index (χ0v) is 21.1. The number of aromatic hydroxyl groups is 1. The van der Waals surface area contributed by atoms with Gasteiger partial charge in [0, 0.05) is 11.9 Å². The topological polar surface area (TPSA) is 162 Å². The Morgan fingerprint density at radius 1 is 1.19 bits per heavy atom. The van der Waals surface area contributed by atoms with E-state index in [0.717, 1.165) is 29.4 Å². The molecule has 2 heterocycles.